The lowest BCUT2D eigenvalue weighted by atomic mass is 10.1. The highest BCUT2D eigenvalue weighted by Crippen LogP contribution is 2.21. The molecule has 0 bridgehead atoms. The molecule has 0 aliphatic heterocycles. The number of hydrogen-bond acceptors (Lipinski definition) is 5. The summed E-state index contributed by atoms with van der Waals surface area (Å²) in [4.78, 5) is 44.7. The molecule has 0 saturated carbocycles. The van der Waals surface area contributed by atoms with E-state index in [0.29, 0.717) is 5.00 Å². The minimum Gasteiger partial charge on any atom is -0.480 e. The molecule has 0 saturated heterocycles. The van der Waals surface area contributed by atoms with E-state index in [2.05, 4.69) is 10.6 Å². The first-order valence-electron chi connectivity index (χ1n) is 5.99. The first kappa shape index (κ1) is 16.6. The van der Waals surface area contributed by atoms with Gasteiger partial charge in [0.1, 0.15) is 6.04 Å². The van der Waals surface area contributed by atoms with Gasteiger partial charge in [-0.05, 0) is 18.6 Å². The smallest absolute Gasteiger partial charge is 0.326 e. The molecule has 5 N–H and O–H groups in total. The predicted molar refractivity (Wildman–Crippen MR) is 75.9 cm³/mol. The summed E-state index contributed by atoms with van der Waals surface area (Å²) < 4.78 is 0. The molecule has 0 spiro atoms. The van der Waals surface area contributed by atoms with E-state index >= 15 is 0 Å². The Balaban J connectivity index is 2.68. The highest BCUT2D eigenvalue weighted by atomic mass is 32.1. The van der Waals surface area contributed by atoms with Crippen LogP contribution in [0.3, 0.4) is 0 Å². The molecule has 0 aromatic carbocycles. The fraction of sp³-hybridized carbons (Fsp3) is 0.333. The number of aliphatic carboxylic acids is 1. The van der Waals surface area contributed by atoms with Crippen molar-refractivity contribution in [3.05, 3.63) is 17.0 Å². The van der Waals surface area contributed by atoms with E-state index in [-0.39, 0.29) is 23.6 Å². The third kappa shape index (κ3) is 5.61. The molecule has 21 heavy (non-hydrogen) atoms. The fourth-order valence-electron chi connectivity index (χ4n) is 1.47. The van der Waals surface area contributed by atoms with Crippen molar-refractivity contribution < 1.29 is 24.3 Å². The van der Waals surface area contributed by atoms with Gasteiger partial charge in [0.15, 0.2) is 0 Å². The van der Waals surface area contributed by atoms with Gasteiger partial charge < -0.3 is 21.5 Å². The van der Waals surface area contributed by atoms with Gasteiger partial charge in [-0.3, -0.25) is 14.4 Å². The molecule has 1 aromatic rings. The van der Waals surface area contributed by atoms with Crippen LogP contribution in [0, 0.1) is 0 Å². The molecule has 0 radical (unpaired) electrons. The number of carboxylic acids is 1. The third-order valence-corrected chi connectivity index (χ3v) is 3.41. The molecule has 1 aromatic heterocycles. The van der Waals surface area contributed by atoms with Crippen molar-refractivity contribution in [3.8, 4) is 0 Å². The first-order valence-corrected chi connectivity index (χ1v) is 6.80. The molecule has 0 aliphatic carbocycles. The summed E-state index contributed by atoms with van der Waals surface area (Å²) in [6.07, 6.45) is -0.223. The summed E-state index contributed by atoms with van der Waals surface area (Å²) >= 11 is 1.02. The van der Waals surface area contributed by atoms with Gasteiger partial charge in [-0.1, -0.05) is 0 Å². The maximum Gasteiger partial charge on any atom is 0.326 e. The van der Waals surface area contributed by atoms with Crippen molar-refractivity contribution in [2.75, 3.05) is 5.32 Å². The zero-order chi connectivity index (χ0) is 16.0. The zero-order valence-electron chi connectivity index (χ0n) is 11.2. The number of rotatable bonds is 7. The topological polar surface area (TPSA) is 139 Å². The van der Waals surface area contributed by atoms with Crippen LogP contribution < -0.4 is 16.4 Å². The van der Waals surface area contributed by atoms with E-state index in [4.69, 9.17) is 10.8 Å². The van der Waals surface area contributed by atoms with E-state index in [9.17, 15) is 19.2 Å². The first-order chi connectivity index (χ1) is 9.79. The molecule has 0 unspecified atom stereocenters. The van der Waals surface area contributed by atoms with Crippen LogP contribution in [-0.2, 0) is 14.4 Å². The number of hydrogen-bond donors (Lipinski definition) is 4. The summed E-state index contributed by atoms with van der Waals surface area (Å²) in [5, 5.41) is 14.3. The van der Waals surface area contributed by atoms with Crippen LogP contribution in [0.25, 0.3) is 0 Å². The maximum atomic E-state index is 11.9. The fourth-order valence-corrected chi connectivity index (χ4v) is 2.33. The lowest BCUT2D eigenvalue weighted by Crippen LogP contribution is -2.41. The normalized spacial score (nSPS) is 11.5. The second kappa shape index (κ2) is 7.39. The van der Waals surface area contributed by atoms with Crippen molar-refractivity contribution in [3.63, 3.8) is 0 Å². The standard InChI is InChI=1S/C12H15N3O5S/c1-6(16)14-10-5-3-8(21-10)11(18)15-7(12(19)20)2-4-9(13)17/h3,5,7H,2,4H2,1H3,(H2,13,17)(H,14,16)(H,15,18)(H,19,20)/t7-/m0/s1. The Morgan fingerprint density at radius 2 is 2.00 bits per heavy atom. The molecule has 3 amide bonds. The molecule has 0 aliphatic rings. The van der Waals surface area contributed by atoms with Crippen LogP contribution >= 0.6 is 11.3 Å². The van der Waals surface area contributed by atoms with Gasteiger partial charge in [-0.2, -0.15) is 0 Å². The van der Waals surface area contributed by atoms with Crippen LogP contribution in [0.5, 0.6) is 0 Å². The SMILES string of the molecule is CC(=O)Nc1ccc(C(=O)N[C@@H](CCC(N)=O)C(=O)O)s1. The highest BCUT2D eigenvalue weighted by Gasteiger charge is 2.22. The van der Waals surface area contributed by atoms with Gasteiger partial charge in [0.2, 0.25) is 11.8 Å². The summed E-state index contributed by atoms with van der Waals surface area (Å²) in [6.45, 7) is 1.34. The van der Waals surface area contributed by atoms with E-state index in [1.165, 1.54) is 13.0 Å². The van der Waals surface area contributed by atoms with E-state index in [1.807, 2.05) is 0 Å². The largest absolute Gasteiger partial charge is 0.480 e. The second-order valence-electron chi connectivity index (χ2n) is 4.21. The Morgan fingerprint density at radius 1 is 1.33 bits per heavy atom. The average molecular weight is 313 g/mol. The monoisotopic (exact) mass is 313 g/mol. The number of carbonyl (C=O) groups is 4. The third-order valence-electron chi connectivity index (χ3n) is 2.41. The molecule has 1 heterocycles. The van der Waals surface area contributed by atoms with Gasteiger partial charge in [0.05, 0.1) is 9.88 Å². The number of nitrogens with one attached hydrogen (secondary N) is 2. The van der Waals surface area contributed by atoms with Crippen LogP contribution in [0.15, 0.2) is 12.1 Å². The van der Waals surface area contributed by atoms with Gasteiger partial charge >= 0.3 is 5.97 Å². The molecule has 1 rings (SSSR count). The minimum absolute atomic E-state index is 0.0830. The number of primary amides is 1. The predicted octanol–water partition coefficient (Wildman–Crippen LogP) is 0.155. The zero-order valence-corrected chi connectivity index (χ0v) is 12.0. The van der Waals surface area contributed by atoms with Crippen LogP contribution in [0.4, 0.5) is 5.00 Å². The van der Waals surface area contributed by atoms with Crippen molar-refractivity contribution in [1.82, 2.24) is 5.32 Å². The van der Waals surface area contributed by atoms with Crippen LogP contribution in [-0.4, -0.2) is 34.8 Å². The summed E-state index contributed by atoms with van der Waals surface area (Å²) in [7, 11) is 0. The molecule has 114 valence electrons. The maximum absolute atomic E-state index is 11.9. The van der Waals surface area contributed by atoms with Gasteiger partial charge in [0.25, 0.3) is 5.91 Å². The van der Waals surface area contributed by atoms with Crippen LogP contribution in [0.1, 0.15) is 29.4 Å². The molecular weight excluding hydrogens is 298 g/mol. The molecular formula is C12H15N3O5S. The number of thiophene rings is 1. The Labute approximate surface area is 124 Å². The Hall–Kier alpha value is -2.42. The van der Waals surface area contributed by atoms with Crippen molar-refractivity contribution in [1.29, 1.82) is 0 Å². The van der Waals surface area contributed by atoms with Crippen molar-refractivity contribution in [2.24, 2.45) is 5.73 Å². The Morgan fingerprint density at radius 3 is 2.52 bits per heavy atom. The Kier molecular flexibility index (Phi) is 5.85. The minimum atomic E-state index is -1.25. The number of amides is 3. The van der Waals surface area contributed by atoms with Gasteiger partial charge in [-0.25, -0.2) is 4.79 Å². The summed E-state index contributed by atoms with van der Waals surface area (Å²) in [5.74, 6) is -2.75. The van der Waals surface area contributed by atoms with E-state index < -0.39 is 23.8 Å². The van der Waals surface area contributed by atoms with Crippen LogP contribution in [0.2, 0.25) is 0 Å². The molecule has 1 atom stereocenters. The van der Waals surface area contributed by atoms with E-state index in [0.717, 1.165) is 11.3 Å². The highest BCUT2D eigenvalue weighted by molar-refractivity contribution is 7.18. The number of carbonyl (C=O) groups excluding carboxylic acids is 3. The lowest BCUT2D eigenvalue weighted by molar-refractivity contribution is -0.139. The summed E-state index contributed by atoms with van der Waals surface area (Å²) in [5.41, 5.74) is 4.95. The van der Waals surface area contributed by atoms with Gasteiger partial charge in [0, 0.05) is 13.3 Å². The second-order valence-corrected chi connectivity index (χ2v) is 5.30. The number of nitrogens with two attached hydrogens (primary N) is 1. The average Bonchev–Trinajstić information content (AvgIpc) is 2.81. The lowest BCUT2D eigenvalue weighted by Gasteiger charge is -2.12. The summed E-state index contributed by atoms with van der Waals surface area (Å²) in [6, 6.07) is 1.81. The van der Waals surface area contributed by atoms with Crippen molar-refractivity contribution >= 4 is 40.0 Å². The quantitative estimate of drug-likeness (QED) is 0.567. The number of anilines is 1. The molecule has 8 nitrogen and oxygen atoms in total. The molecule has 0 fully saturated rings. The van der Waals surface area contributed by atoms with E-state index in [1.54, 1.807) is 6.07 Å². The molecule has 9 heteroatoms. The van der Waals surface area contributed by atoms with Gasteiger partial charge in [-0.15, -0.1) is 11.3 Å². The van der Waals surface area contributed by atoms with Crippen molar-refractivity contribution in [2.45, 2.75) is 25.8 Å². The Bertz CT molecular complexity index is 569. The number of carboxylic acid groups (broad SMARTS) is 1.